The lowest BCUT2D eigenvalue weighted by Gasteiger charge is -2.37. The number of rotatable bonds is 3. The fourth-order valence-electron chi connectivity index (χ4n) is 3.43. The summed E-state index contributed by atoms with van der Waals surface area (Å²) in [7, 11) is 0. The molecule has 0 saturated heterocycles. The van der Waals surface area contributed by atoms with Gasteiger partial charge in [0.15, 0.2) is 0 Å². The standard InChI is InChI=1S/C15H26BrNO/c16-12-15(10-6-3-7-11-15)17-14(18)13-8-4-1-2-5-9-13/h13H,1-12H2,(H,17,18). The summed E-state index contributed by atoms with van der Waals surface area (Å²) in [6, 6.07) is 0. The minimum Gasteiger partial charge on any atom is -0.350 e. The van der Waals surface area contributed by atoms with Crippen molar-refractivity contribution in [1.82, 2.24) is 5.32 Å². The van der Waals surface area contributed by atoms with Gasteiger partial charge < -0.3 is 5.32 Å². The van der Waals surface area contributed by atoms with Crippen molar-refractivity contribution in [3.05, 3.63) is 0 Å². The molecular formula is C15H26BrNO. The highest BCUT2D eigenvalue weighted by Crippen LogP contribution is 2.31. The van der Waals surface area contributed by atoms with Crippen molar-refractivity contribution < 1.29 is 4.79 Å². The fourth-order valence-corrected chi connectivity index (χ4v) is 4.13. The van der Waals surface area contributed by atoms with E-state index in [2.05, 4.69) is 21.2 Å². The molecule has 0 aromatic rings. The first-order valence-corrected chi connectivity index (χ1v) is 8.76. The summed E-state index contributed by atoms with van der Waals surface area (Å²) in [5.41, 5.74) is 0.0572. The van der Waals surface area contributed by atoms with Gasteiger partial charge in [0.25, 0.3) is 0 Å². The quantitative estimate of drug-likeness (QED) is 0.614. The molecule has 2 aliphatic rings. The second-order valence-corrected chi connectivity index (χ2v) is 6.71. The predicted molar refractivity (Wildman–Crippen MR) is 78.9 cm³/mol. The topological polar surface area (TPSA) is 29.1 Å². The van der Waals surface area contributed by atoms with Crippen LogP contribution in [0.2, 0.25) is 0 Å². The summed E-state index contributed by atoms with van der Waals surface area (Å²) < 4.78 is 0. The molecule has 2 rings (SSSR count). The van der Waals surface area contributed by atoms with E-state index in [1.807, 2.05) is 0 Å². The van der Waals surface area contributed by atoms with E-state index in [0.29, 0.717) is 5.91 Å². The molecule has 3 heteroatoms. The third-order valence-electron chi connectivity index (χ3n) is 4.68. The maximum Gasteiger partial charge on any atom is 0.223 e. The largest absolute Gasteiger partial charge is 0.350 e. The van der Waals surface area contributed by atoms with Gasteiger partial charge in [-0.3, -0.25) is 4.79 Å². The zero-order valence-electron chi connectivity index (χ0n) is 11.3. The third-order valence-corrected chi connectivity index (χ3v) is 5.75. The van der Waals surface area contributed by atoms with Gasteiger partial charge in [0.2, 0.25) is 5.91 Å². The van der Waals surface area contributed by atoms with Crippen LogP contribution in [0.1, 0.15) is 70.6 Å². The predicted octanol–water partition coefficient (Wildman–Crippen LogP) is 4.17. The highest BCUT2D eigenvalue weighted by molar-refractivity contribution is 9.09. The summed E-state index contributed by atoms with van der Waals surface area (Å²) >= 11 is 3.62. The molecule has 18 heavy (non-hydrogen) atoms. The molecule has 0 aromatic carbocycles. The lowest BCUT2D eigenvalue weighted by Crippen LogP contribution is -2.52. The number of halogens is 1. The van der Waals surface area contributed by atoms with Crippen LogP contribution >= 0.6 is 15.9 Å². The summed E-state index contributed by atoms with van der Waals surface area (Å²) in [4.78, 5) is 12.5. The Morgan fingerprint density at radius 3 is 2.11 bits per heavy atom. The van der Waals surface area contributed by atoms with E-state index in [0.717, 1.165) is 31.0 Å². The van der Waals surface area contributed by atoms with Crippen molar-refractivity contribution in [3.8, 4) is 0 Å². The van der Waals surface area contributed by atoms with Crippen LogP contribution in [0.15, 0.2) is 0 Å². The summed E-state index contributed by atoms with van der Waals surface area (Å²) in [6.07, 6.45) is 13.4. The fraction of sp³-hybridized carbons (Fsp3) is 0.933. The van der Waals surface area contributed by atoms with E-state index in [1.165, 1.54) is 44.9 Å². The average molecular weight is 316 g/mol. The molecule has 0 aliphatic heterocycles. The van der Waals surface area contributed by atoms with E-state index in [-0.39, 0.29) is 11.5 Å². The van der Waals surface area contributed by atoms with Gasteiger partial charge in [-0.25, -0.2) is 0 Å². The Labute approximate surface area is 119 Å². The SMILES string of the molecule is O=C(NC1(CBr)CCCCC1)C1CCCCCC1. The molecule has 0 spiro atoms. The van der Waals surface area contributed by atoms with Crippen LogP contribution in [0.25, 0.3) is 0 Å². The van der Waals surface area contributed by atoms with Crippen molar-refractivity contribution in [2.75, 3.05) is 5.33 Å². The van der Waals surface area contributed by atoms with Gasteiger partial charge in [-0.15, -0.1) is 0 Å². The number of hydrogen-bond acceptors (Lipinski definition) is 1. The molecule has 0 aromatic heterocycles. The molecule has 1 N–H and O–H groups in total. The van der Waals surface area contributed by atoms with Gasteiger partial charge in [0.1, 0.15) is 0 Å². The molecule has 2 fully saturated rings. The lowest BCUT2D eigenvalue weighted by molar-refractivity contribution is -0.127. The Balaban J connectivity index is 1.91. The summed E-state index contributed by atoms with van der Waals surface area (Å²) in [5, 5.41) is 4.31. The van der Waals surface area contributed by atoms with Gasteiger partial charge in [0.05, 0.1) is 0 Å². The van der Waals surface area contributed by atoms with Gasteiger partial charge in [-0.2, -0.15) is 0 Å². The normalized spacial score (nSPS) is 25.4. The molecule has 2 aliphatic carbocycles. The van der Waals surface area contributed by atoms with Gasteiger partial charge in [0, 0.05) is 16.8 Å². The first-order chi connectivity index (χ1) is 8.76. The first kappa shape index (κ1) is 14.4. The van der Waals surface area contributed by atoms with E-state index < -0.39 is 0 Å². The van der Waals surface area contributed by atoms with Gasteiger partial charge in [-0.05, 0) is 25.7 Å². The number of hydrogen-bond donors (Lipinski definition) is 1. The number of carbonyl (C=O) groups is 1. The zero-order valence-corrected chi connectivity index (χ0v) is 12.9. The van der Waals surface area contributed by atoms with Crippen LogP contribution < -0.4 is 5.32 Å². The first-order valence-electron chi connectivity index (χ1n) is 7.64. The van der Waals surface area contributed by atoms with Crippen molar-refractivity contribution in [1.29, 1.82) is 0 Å². The Morgan fingerprint density at radius 2 is 1.56 bits per heavy atom. The molecular weight excluding hydrogens is 290 g/mol. The second-order valence-electron chi connectivity index (χ2n) is 6.15. The van der Waals surface area contributed by atoms with Crippen molar-refractivity contribution in [3.63, 3.8) is 0 Å². The lowest BCUT2D eigenvalue weighted by atomic mass is 9.82. The molecule has 0 unspecified atom stereocenters. The van der Waals surface area contributed by atoms with E-state index >= 15 is 0 Å². The maximum atomic E-state index is 12.5. The third kappa shape index (κ3) is 3.72. The van der Waals surface area contributed by atoms with Gasteiger partial charge in [-0.1, -0.05) is 60.9 Å². The maximum absolute atomic E-state index is 12.5. The van der Waals surface area contributed by atoms with Crippen molar-refractivity contribution in [2.24, 2.45) is 5.92 Å². The molecule has 0 atom stereocenters. The molecule has 0 bridgehead atoms. The van der Waals surface area contributed by atoms with E-state index in [9.17, 15) is 4.79 Å². The summed E-state index contributed by atoms with van der Waals surface area (Å²) in [5.74, 6) is 0.614. The van der Waals surface area contributed by atoms with Crippen LogP contribution in [0, 0.1) is 5.92 Å². The molecule has 2 saturated carbocycles. The van der Waals surface area contributed by atoms with Crippen LogP contribution in [-0.2, 0) is 4.79 Å². The Hall–Kier alpha value is -0.0500. The molecule has 104 valence electrons. The highest BCUT2D eigenvalue weighted by Gasteiger charge is 2.34. The minimum atomic E-state index is 0.0572. The molecule has 2 nitrogen and oxygen atoms in total. The van der Waals surface area contributed by atoms with Crippen molar-refractivity contribution >= 4 is 21.8 Å². The number of carbonyl (C=O) groups excluding carboxylic acids is 1. The molecule has 1 amide bonds. The van der Waals surface area contributed by atoms with Crippen LogP contribution in [-0.4, -0.2) is 16.8 Å². The Morgan fingerprint density at radius 1 is 1.00 bits per heavy atom. The number of nitrogens with one attached hydrogen (secondary N) is 1. The van der Waals surface area contributed by atoms with Crippen molar-refractivity contribution in [2.45, 2.75) is 76.2 Å². The average Bonchev–Trinajstić information content (AvgIpc) is 2.68. The minimum absolute atomic E-state index is 0.0572. The molecule has 0 heterocycles. The zero-order chi connectivity index (χ0) is 12.8. The molecule has 0 radical (unpaired) electrons. The smallest absolute Gasteiger partial charge is 0.223 e. The van der Waals surface area contributed by atoms with E-state index in [1.54, 1.807) is 0 Å². The van der Waals surface area contributed by atoms with Crippen LogP contribution in [0.5, 0.6) is 0 Å². The Kier molecular flexibility index (Phi) is 5.53. The monoisotopic (exact) mass is 315 g/mol. The highest BCUT2D eigenvalue weighted by atomic mass is 79.9. The van der Waals surface area contributed by atoms with Crippen LogP contribution in [0.4, 0.5) is 0 Å². The number of amides is 1. The Bertz CT molecular complexity index is 266. The van der Waals surface area contributed by atoms with Crippen LogP contribution in [0.3, 0.4) is 0 Å². The van der Waals surface area contributed by atoms with Gasteiger partial charge >= 0.3 is 0 Å². The number of alkyl halides is 1. The second kappa shape index (κ2) is 6.93. The summed E-state index contributed by atoms with van der Waals surface area (Å²) in [6.45, 7) is 0. The van der Waals surface area contributed by atoms with E-state index in [4.69, 9.17) is 0 Å².